The highest BCUT2D eigenvalue weighted by atomic mass is 19.4. The smallest absolute Gasteiger partial charge is 0.416 e. The van der Waals surface area contributed by atoms with Crippen LogP contribution in [0.5, 0.6) is 5.75 Å². The van der Waals surface area contributed by atoms with E-state index in [1.54, 1.807) is 37.3 Å². The highest BCUT2D eigenvalue weighted by Gasteiger charge is 2.32. The number of benzene rings is 1. The molecule has 0 unspecified atom stereocenters. The number of ether oxygens (including phenoxy) is 1. The number of aliphatic imine (C=N–C) groups is 1. The second-order valence-electron chi connectivity index (χ2n) is 10.8. The number of aliphatic hydroxyl groups excluding tert-OH is 1. The molecule has 1 aliphatic carbocycles. The van der Waals surface area contributed by atoms with Crippen molar-refractivity contribution in [3.63, 3.8) is 0 Å². The Labute approximate surface area is 226 Å². The number of alkyl halides is 3. The quantitative estimate of drug-likeness (QED) is 0.389. The third-order valence-corrected chi connectivity index (χ3v) is 6.58. The van der Waals surface area contributed by atoms with Gasteiger partial charge in [-0.2, -0.15) is 13.2 Å². The van der Waals surface area contributed by atoms with Gasteiger partial charge in [0.05, 0.1) is 12.2 Å². The Morgan fingerprint density at radius 3 is 2.44 bits per heavy atom. The van der Waals surface area contributed by atoms with Crippen LogP contribution in [0.3, 0.4) is 0 Å². The van der Waals surface area contributed by atoms with Crippen molar-refractivity contribution in [2.45, 2.75) is 52.1 Å². The van der Waals surface area contributed by atoms with E-state index >= 15 is 0 Å². The molecular formula is C31H32F3N3O2. The lowest BCUT2D eigenvalue weighted by Gasteiger charge is -2.20. The summed E-state index contributed by atoms with van der Waals surface area (Å²) in [6.07, 6.45) is 0.544. The maximum absolute atomic E-state index is 13.8. The lowest BCUT2D eigenvalue weighted by Crippen LogP contribution is -2.12. The van der Waals surface area contributed by atoms with Crippen LogP contribution in [0.2, 0.25) is 0 Å². The molecule has 0 fully saturated rings. The van der Waals surface area contributed by atoms with Gasteiger partial charge in [0.2, 0.25) is 0 Å². The molecule has 2 aromatic rings. The van der Waals surface area contributed by atoms with Gasteiger partial charge in [0.15, 0.2) is 5.84 Å². The second-order valence-corrected chi connectivity index (χ2v) is 10.8. The van der Waals surface area contributed by atoms with E-state index in [1.807, 2.05) is 39.0 Å². The molecule has 4 rings (SSSR count). The maximum atomic E-state index is 13.8. The minimum absolute atomic E-state index is 0.0419. The number of fused-ring (bicyclic) bond motifs is 1. The molecule has 204 valence electrons. The molecule has 5 nitrogen and oxygen atoms in total. The molecule has 0 radical (unpaired) electrons. The van der Waals surface area contributed by atoms with Crippen molar-refractivity contribution < 1.29 is 23.0 Å². The fourth-order valence-corrected chi connectivity index (χ4v) is 4.56. The summed E-state index contributed by atoms with van der Waals surface area (Å²) in [5, 5.41) is 18.1. The molecule has 0 spiro atoms. The summed E-state index contributed by atoms with van der Waals surface area (Å²) >= 11 is 0. The van der Waals surface area contributed by atoms with Crippen LogP contribution in [0.4, 0.5) is 13.2 Å². The first-order valence-corrected chi connectivity index (χ1v) is 12.6. The Morgan fingerprint density at radius 1 is 1.03 bits per heavy atom. The topological polar surface area (TPSA) is 91.7 Å². The Kier molecular flexibility index (Phi) is 7.70. The number of aryl methyl sites for hydroxylation is 1. The Hall–Kier alpha value is -3.91. The van der Waals surface area contributed by atoms with Crippen molar-refractivity contribution in [1.82, 2.24) is 0 Å². The van der Waals surface area contributed by atoms with Gasteiger partial charge in [-0.05, 0) is 89.4 Å². The fourth-order valence-electron chi connectivity index (χ4n) is 4.56. The number of amidine groups is 2. The summed E-state index contributed by atoms with van der Waals surface area (Å²) in [6.45, 7) is 7.64. The molecule has 39 heavy (non-hydrogen) atoms. The summed E-state index contributed by atoms with van der Waals surface area (Å²) in [7, 11) is 0. The number of hydrogen-bond acceptors (Lipinski definition) is 4. The van der Waals surface area contributed by atoms with Gasteiger partial charge in [-0.1, -0.05) is 45.0 Å². The molecule has 0 saturated carbocycles. The van der Waals surface area contributed by atoms with E-state index in [1.165, 1.54) is 0 Å². The fraction of sp³-hybridized carbons (Fsp3) is 0.290. The number of nitrogens with zero attached hydrogens (tertiary/aromatic N) is 1. The minimum atomic E-state index is -4.55. The predicted octanol–water partition coefficient (Wildman–Crippen LogP) is 7.12. The molecular weight excluding hydrogens is 503 g/mol. The summed E-state index contributed by atoms with van der Waals surface area (Å²) in [5.74, 6) is 0.872. The van der Waals surface area contributed by atoms with Gasteiger partial charge < -0.3 is 15.6 Å². The molecule has 2 aliphatic rings. The molecule has 8 heteroatoms. The molecule has 2 aromatic carbocycles. The molecule has 0 amide bonds. The van der Waals surface area contributed by atoms with Gasteiger partial charge in [0.25, 0.3) is 0 Å². The van der Waals surface area contributed by atoms with E-state index in [-0.39, 0.29) is 29.3 Å². The van der Waals surface area contributed by atoms with Crippen LogP contribution >= 0.6 is 0 Å². The lowest BCUT2D eigenvalue weighted by molar-refractivity contribution is -0.137. The molecule has 4 N–H and O–H groups in total. The Bertz CT molecular complexity index is 1480. The maximum Gasteiger partial charge on any atom is 0.416 e. The number of nitrogens with one attached hydrogen (secondary N) is 1. The van der Waals surface area contributed by atoms with E-state index in [2.05, 4.69) is 4.99 Å². The zero-order chi connectivity index (χ0) is 28.5. The first kappa shape index (κ1) is 28.1. The van der Waals surface area contributed by atoms with E-state index in [4.69, 9.17) is 15.9 Å². The molecule has 0 atom stereocenters. The highest BCUT2D eigenvalue weighted by molar-refractivity contribution is 6.23. The predicted molar refractivity (Wildman–Crippen MR) is 149 cm³/mol. The normalized spacial score (nSPS) is 15.2. The van der Waals surface area contributed by atoms with Gasteiger partial charge in [0, 0.05) is 11.1 Å². The average molecular weight is 536 g/mol. The second kappa shape index (κ2) is 10.7. The minimum Gasteiger partial charge on any atom is -0.458 e. The lowest BCUT2D eigenvalue weighted by atomic mass is 9.87. The van der Waals surface area contributed by atoms with E-state index in [0.29, 0.717) is 40.2 Å². The molecule has 0 saturated heterocycles. The average Bonchev–Trinajstić information content (AvgIpc) is 3.12. The van der Waals surface area contributed by atoms with E-state index < -0.39 is 11.7 Å². The number of allylic oxidation sites excluding steroid dienone is 2. The third kappa shape index (κ3) is 6.40. The Balaban J connectivity index is 2.10. The zero-order valence-electron chi connectivity index (χ0n) is 22.4. The third-order valence-electron chi connectivity index (χ3n) is 6.58. The standard InChI is InChI=1S/C31H32F3N3O2/c1-18-11-20(14-22(12-18)31(32,33)34)26-16-24(39-23-9-5-7-19(13-23)17-38)15-21(30(2,3)4)8-6-10-25-27(26)29(36)37-28(25)35/h6,8-16,38H,5,7,17H2,1-4H3,(H3,35,36,37). The van der Waals surface area contributed by atoms with Crippen LogP contribution in [-0.4, -0.2) is 23.4 Å². The van der Waals surface area contributed by atoms with Crippen molar-refractivity contribution in [1.29, 1.82) is 5.41 Å². The van der Waals surface area contributed by atoms with Crippen molar-refractivity contribution in [3.05, 3.63) is 99.8 Å². The molecule has 1 heterocycles. The van der Waals surface area contributed by atoms with Crippen LogP contribution in [0.15, 0.2) is 77.0 Å². The molecule has 0 bridgehead atoms. The molecule has 0 aromatic heterocycles. The van der Waals surface area contributed by atoms with Crippen molar-refractivity contribution in [2.75, 3.05) is 6.61 Å². The van der Waals surface area contributed by atoms with Gasteiger partial charge in [0.1, 0.15) is 17.3 Å². The number of nitrogens with two attached hydrogens (primary N) is 1. The number of hydrogen-bond donors (Lipinski definition) is 3. The summed E-state index contributed by atoms with van der Waals surface area (Å²) < 4.78 is 47.8. The first-order chi connectivity index (χ1) is 18.3. The van der Waals surface area contributed by atoms with E-state index in [0.717, 1.165) is 29.7 Å². The highest BCUT2D eigenvalue weighted by Crippen LogP contribution is 2.37. The van der Waals surface area contributed by atoms with Crippen LogP contribution in [0.1, 0.15) is 61.4 Å². The summed E-state index contributed by atoms with van der Waals surface area (Å²) in [5.41, 5.74) is 8.72. The van der Waals surface area contributed by atoms with Crippen LogP contribution < -0.4 is 10.5 Å². The van der Waals surface area contributed by atoms with Crippen LogP contribution in [0.25, 0.3) is 11.1 Å². The van der Waals surface area contributed by atoms with Gasteiger partial charge in [-0.3, -0.25) is 5.41 Å². The Morgan fingerprint density at radius 2 is 1.77 bits per heavy atom. The number of aliphatic hydroxyl groups is 1. The van der Waals surface area contributed by atoms with Gasteiger partial charge >= 0.3 is 6.18 Å². The SMILES string of the molecule is Cc1cc(-c2cc(OC3=CCCC(CO)=C3)cc(C(C)(C)C)cccc3c2C(N)=NC3=N)cc(C(F)(F)F)c1. The summed E-state index contributed by atoms with van der Waals surface area (Å²) in [6, 6.07) is 12.7. The van der Waals surface area contributed by atoms with Crippen LogP contribution in [-0.2, 0) is 11.6 Å². The summed E-state index contributed by atoms with van der Waals surface area (Å²) in [4.78, 5) is 4.14. The van der Waals surface area contributed by atoms with Crippen molar-refractivity contribution in [2.24, 2.45) is 10.7 Å². The first-order valence-electron chi connectivity index (χ1n) is 12.6. The van der Waals surface area contributed by atoms with Gasteiger partial charge in [-0.15, -0.1) is 0 Å². The largest absolute Gasteiger partial charge is 0.458 e. The zero-order valence-corrected chi connectivity index (χ0v) is 22.4. The van der Waals surface area contributed by atoms with Crippen molar-refractivity contribution in [3.8, 4) is 16.9 Å². The van der Waals surface area contributed by atoms with Crippen LogP contribution in [0, 0.1) is 12.3 Å². The number of rotatable bonds is 4. The molecule has 1 aliphatic heterocycles. The van der Waals surface area contributed by atoms with Gasteiger partial charge in [-0.25, -0.2) is 4.99 Å². The number of halogens is 3. The monoisotopic (exact) mass is 535 g/mol. The van der Waals surface area contributed by atoms with E-state index in [9.17, 15) is 18.3 Å². The van der Waals surface area contributed by atoms with Crippen molar-refractivity contribution >= 4 is 11.7 Å².